The minimum absolute atomic E-state index is 0.259. The van der Waals surface area contributed by atoms with Crippen LogP contribution in [0.2, 0.25) is 0 Å². The summed E-state index contributed by atoms with van der Waals surface area (Å²) in [5.74, 6) is 1.23. The monoisotopic (exact) mass is 455 g/mol. The van der Waals surface area contributed by atoms with Gasteiger partial charge < -0.3 is 14.6 Å². The number of hydrogen-bond donors (Lipinski definition) is 2. The van der Waals surface area contributed by atoms with Gasteiger partial charge in [-0.05, 0) is 49.0 Å². The number of allylic oxidation sites excluding steroid dienone is 2. The number of aromatic nitrogens is 3. The van der Waals surface area contributed by atoms with Crippen molar-refractivity contribution in [3.63, 3.8) is 0 Å². The predicted molar refractivity (Wildman–Crippen MR) is 130 cm³/mol. The van der Waals surface area contributed by atoms with E-state index in [1.165, 1.54) is 10.1 Å². The number of nitrogens with zero attached hydrogens (tertiary/aromatic N) is 2. The smallest absolute Gasteiger partial charge is 0.280 e. The Kier molecular flexibility index (Phi) is 5.19. The highest BCUT2D eigenvalue weighted by molar-refractivity contribution is 5.88. The lowest BCUT2D eigenvalue weighted by Gasteiger charge is -2.19. The molecule has 0 spiro atoms. The second-order valence-corrected chi connectivity index (χ2v) is 8.62. The minimum Gasteiger partial charge on any atom is -0.486 e. The summed E-state index contributed by atoms with van der Waals surface area (Å²) in [4.78, 5) is 18.7. The molecule has 0 atom stereocenters. The summed E-state index contributed by atoms with van der Waals surface area (Å²) in [7, 11) is 0. The van der Waals surface area contributed by atoms with E-state index in [-0.39, 0.29) is 12.2 Å². The highest BCUT2D eigenvalue weighted by Gasteiger charge is 2.24. The Bertz CT molecular complexity index is 1470. The van der Waals surface area contributed by atoms with Gasteiger partial charge in [0, 0.05) is 11.1 Å². The Morgan fingerprint density at radius 2 is 1.79 bits per heavy atom. The molecule has 0 fully saturated rings. The maximum atomic E-state index is 13.8. The van der Waals surface area contributed by atoms with Gasteiger partial charge >= 0.3 is 0 Å². The molecule has 2 aliphatic rings. The molecular weight excluding hydrogens is 430 g/mol. The fraction of sp³-hybridized carbons (Fsp3) is 0.259. The molecule has 1 aliphatic heterocycles. The quantitative estimate of drug-likeness (QED) is 0.470. The van der Waals surface area contributed by atoms with Gasteiger partial charge in [0.25, 0.3) is 5.56 Å². The summed E-state index contributed by atoms with van der Waals surface area (Å²) in [6.07, 6.45) is 6.45. The van der Waals surface area contributed by atoms with Crippen molar-refractivity contribution in [1.29, 1.82) is 0 Å². The Balaban J connectivity index is 1.62. The average molecular weight is 456 g/mol. The van der Waals surface area contributed by atoms with Crippen molar-refractivity contribution in [2.24, 2.45) is 0 Å². The number of hydrogen-bond acceptors (Lipinski definition) is 5. The molecule has 0 saturated heterocycles. The van der Waals surface area contributed by atoms with Crippen molar-refractivity contribution in [3.05, 3.63) is 76.2 Å². The molecule has 34 heavy (non-hydrogen) atoms. The molecule has 0 amide bonds. The summed E-state index contributed by atoms with van der Waals surface area (Å²) in [5.41, 5.74) is 5.59. The number of nitrogens with one attached hydrogen (secondary N) is 1. The molecule has 172 valence electrons. The van der Waals surface area contributed by atoms with Crippen molar-refractivity contribution >= 4 is 11.2 Å². The Hall–Kier alpha value is -3.84. The lowest BCUT2D eigenvalue weighted by atomic mass is 9.92. The fourth-order valence-corrected chi connectivity index (χ4v) is 4.90. The SMILES string of the molecule is O=c1c(-c2ccc3c(c2)OCCO3)c(CO)nc2c(C3=CCCCC3)c(-c3ccccc3)[nH]n12. The molecule has 7 heteroatoms. The highest BCUT2D eigenvalue weighted by atomic mass is 16.6. The van der Waals surface area contributed by atoms with Crippen molar-refractivity contribution < 1.29 is 14.6 Å². The number of fused-ring (bicyclic) bond motifs is 2. The first-order valence-corrected chi connectivity index (χ1v) is 11.7. The fourth-order valence-electron chi connectivity index (χ4n) is 4.90. The summed E-state index contributed by atoms with van der Waals surface area (Å²) >= 11 is 0. The van der Waals surface area contributed by atoms with E-state index < -0.39 is 0 Å². The Morgan fingerprint density at radius 3 is 2.56 bits per heavy atom. The predicted octanol–water partition coefficient (Wildman–Crippen LogP) is 4.58. The first-order chi connectivity index (χ1) is 16.7. The average Bonchev–Trinajstić information content (AvgIpc) is 3.29. The Morgan fingerprint density at radius 1 is 0.971 bits per heavy atom. The minimum atomic E-state index is -0.347. The second kappa shape index (κ2) is 8.50. The van der Waals surface area contributed by atoms with Crippen LogP contribution in [0, 0.1) is 0 Å². The van der Waals surface area contributed by atoms with Gasteiger partial charge in [-0.3, -0.25) is 9.89 Å². The van der Waals surface area contributed by atoms with E-state index in [1.54, 1.807) is 12.1 Å². The zero-order valence-corrected chi connectivity index (χ0v) is 18.7. The van der Waals surface area contributed by atoms with Crippen LogP contribution < -0.4 is 15.0 Å². The van der Waals surface area contributed by atoms with E-state index in [0.717, 1.165) is 42.5 Å². The maximum Gasteiger partial charge on any atom is 0.280 e. The van der Waals surface area contributed by atoms with Crippen LogP contribution in [-0.4, -0.2) is 32.9 Å². The zero-order chi connectivity index (χ0) is 23.1. The van der Waals surface area contributed by atoms with Crippen LogP contribution in [0.3, 0.4) is 0 Å². The number of aromatic amines is 1. The molecule has 1 aliphatic carbocycles. The molecule has 3 heterocycles. The molecule has 2 N–H and O–H groups in total. The number of H-pyrrole nitrogens is 1. The molecule has 0 unspecified atom stereocenters. The van der Waals surface area contributed by atoms with Crippen molar-refractivity contribution in [1.82, 2.24) is 14.6 Å². The summed E-state index contributed by atoms with van der Waals surface area (Å²) in [6, 6.07) is 15.4. The third-order valence-electron chi connectivity index (χ3n) is 6.51. The van der Waals surface area contributed by atoms with Crippen LogP contribution in [0.15, 0.2) is 59.4 Å². The van der Waals surface area contributed by atoms with E-state index in [1.807, 2.05) is 36.4 Å². The van der Waals surface area contributed by atoms with Crippen LogP contribution in [0.25, 0.3) is 33.6 Å². The van der Waals surface area contributed by atoms with Crippen molar-refractivity contribution in [3.8, 4) is 33.9 Å². The molecule has 0 radical (unpaired) electrons. The standard InChI is InChI=1S/C27H25N3O4/c31-16-20-23(19-11-12-21-22(15-19)34-14-13-33-21)27(32)30-26(28-20)24(17-7-3-1-4-8-17)25(29-30)18-9-5-2-6-10-18/h2,5-7,9-12,15,29,31H,1,3-4,8,13-14,16H2. The van der Waals surface area contributed by atoms with Gasteiger partial charge in [-0.15, -0.1) is 0 Å². The van der Waals surface area contributed by atoms with Crippen LogP contribution in [-0.2, 0) is 6.61 Å². The van der Waals surface area contributed by atoms with Gasteiger partial charge in [-0.25, -0.2) is 4.98 Å². The van der Waals surface area contributed by atoms with Crippen LogP contribution in [0.4, 0.5) is 0 Å². The van der Waals surface area contributed by atoms with Crippen LogP contribution >= 0.6 is 0 Å². The third kappa shape index (κ3) is 3.40. The van der Waals surface area contributed by atoms with E-state index in [2.05, 4.69) is 11.2 Å². The largest absolute Gasteiger partial charge is 0.486 e. The van der Waals surface area contributed by atoms with Crippen molar-refractivity contribution in [2.45, 2.75) is 32.3 Å². The number of aliphatic hydroxyl groups is 1. The first-order valence-electron chi connectivity index (χ1n) is 11.7. The number of rotatable bonds is 4. The van der Waals surface area contributed by atoms with Crippen molar-refractivity contribution in [2.75, 3.05) is 13.2 Å². The molecule has 0 saturated carbocycles. The third-order valence-corrected chi connectivity index (χ3v) is 6.51. The van der Waals surface area contributed by atoms with Gasteiger partial charge in [0.05, 0.1) is 23.6 Å². The van der Waals surface area contributed by atoms with Crippen LogP contribution in [0.5, 0.6) is 11.5 Å². The summed E-state index contributed by atoms with van der Waals surface area (Å²) in [6.45, 7) is 0.600. The van der Waals surface area contributed by atoms with Crippen LogP contribution in [0.1, 0.15) is 36.9 Å². The molecule has 7 nitrogen and oxygen atoms in total. The molecular formula is C27H25N3O4. The van der Waals surface area contributed by atoms with Gasteiger partial charge in [0.2, 0.25) is 0 Å². The summed E-state index contributed by atoms with van der Waals surface area (Å²) < 4.78 is 12.8. The number of benzene rings is 2. The highest BCUT2D eigenvalue weighted by Crippen LogP contribution is 2.38. The molecule has 4 aromatic rings. The lowest BCUT2D eigenvalue weighted by Crippen LogP contribution is -2.21. The van der Waals surface area contributed by atoms with E-state index in [9.17, 15) is 9.90 Å². The zero-order valence-electron chi connectivity index (χ0n) is 18.7. The Labute approximate surface area is 196 Å². The van der Waals surface area contributed by atoms with Gasteiger partial charge in [-0.1, -0.05) is 42.5 Å². The number of aliphatic hydroxyl groups excluding tert-OH is 1. The normalized spacial score (nSPS) is 15.4. The molecule has 6 rings (SSSR count). The maximum absolute atomic E-state index is 13.8. The van der Waals surface area contributed by atoms with E-state index in [4.69, 9.17) is 14.5 Å². The topological polar surface area (TPSA) is 88.8 Å². The van der Waals surface area contributed by atoms with Gasteiger partial charge in [-0.2, -0.15) is 4.52 Å². The van der Waals surface area contributed by atoms with Gasteiger partial charge in [0.1, 0.15) is 13.2 Å². The first kappa shape index (κ1) is 20.7. The molecule has 2 aromatic carbocycles. The lowest BCUT2D eigenvalue weighted by molar-refractivity contribution is 0.171. The van der Waals surface area contributed by atoms with E-state index >= 15 is 0 Å². The number of ether oxygens (including phenoxy) is 2. The summed E-state index contributed by atoms with van der Waals surface area (Å²) in [5, 5.41) is 13.6. The van der Waals surface area contributed by atoms with Gasteiger partial charge in [0.15, 0.2) is 17.1 Å². The second-order valence-electron chi connectivity index (χ2n) is 8.62. The molecule has 0 bridgehead atoms. The van der Waals surface area contributed by atoms with E-state index in [0.29, 0.717) is 47.2 Å². The molecule has 2 aromatic heterocycles.